The second kappa shape index (κ2) is 8.32. The molecule has 0 spiro atoms. The van der Waals surface area contributed by atoms with Crippen molar-refractivity contribution in [2.24, 2.45) is 0 Å². The molecule has 4 heteroatoms. The number of para-hydroxylation sites is 1. The number of carbonyl (C=O) groups excluding carboxylic acids is 1. The van der Waals surface area contributed by atoms with E-state index in [9.17, 15) is 4.79 Å². The van der Waals surface area contributed by atoms with Crippen molar-refractivity contribution < 1.29 is 4.79 Å². The molecule has 0 unspecified atom stereocenters. The monoisotopic (exact) mass is 311 g/mol. The van der Waals surface area contributed by atoms with Gasteiger partial charge in [-0.2, -0.15) is 0 Å². The molecule has 0 radical (unpaired) electrons. The Morgan fingerprint density at radius 2 is 1.78 bits per heavy atom. The lowest BCUT2D eigenvalue weighted by atomic mass is 10.2. The van der Waals surface area contributed by atoms with Crippen LogP contribution in [-0.2, 0) is 0 Å². The van der Waals surface area contributed by atoms with Crippen LogP contribution in [-0.4, -0.2) is 28.9 Å². The van der Waals surface area contributed by atoms with E-state index < -0.39 is 0 Å². The standard InChI is InChI=1S/C19H25N3O/c1-4-12-22(13-5-2)19(23)16-10-11-18(20-14-16)21-17-9-7-6-8-15(17)3/h6-11,14H,4-5,12-13H2,1-3H3,(H,20,21). The van der Waals surface area contributed by atoms with Crippen LogP contribution in [0, 0.1) is 6.92 Å². The molecular weight excluding hydrogens is 286 g/mol. The van der Waals surface area contributed by atoms with E-state index in [1.807, 2.05) is 48.2 Å². The molecule has 2 aromatic rings. The maximum Gasteiger partial charge on any atom is 0.255 e. The van der Waals surface area contributed by atoms with Crippen LogP contribution in [0.15, 0.2) is 42.6 Å². The molecule has 0 saturated carbocycles. The number of hydrogen-bond donors (Lipinski definition) is 1. The molecule has 4 nitrogen and oxygen atoms in total. The highest BCUT2D eigenvalue weighted by Crippen LogP contribution is 2.19. The van der Waals surface area contributed by atoms with Crippen molar-refractivity contribution in [3.05, 3.63) is 53.7 Å². The lowest BCUT2D eigenvalue weighted by molar-refractivity contribution is 0.0755. The van der Waals surface area contributed by atoms with Gasteiger partial charge in [0, 0.05) is 25.0 Å². The van der Waals surface area contributed by atoms with E-state index in [2.05, 4.69) is 24.1 Å². The number of anilines is 2. The predicted octanol–water partition coefficient (Wildman–Crippen LogP) is 4.40. The zero-order valence-corrected chi connectivity index (χ0v) is 14.2. The maximum absolute atomic E-state index is 12.5. The van der Waals surface area contributed by atoms with Gasteiger partial charge in [0.1, 0.15) is 5.82 Å². The number of rotatable bonds is 7. The number of amides is 1. The first-order chi connectivity index (χ1) is 11.2. The summed E-state index contributed by atoms with van der Waals surface area (Å²) in [4.78, 5) is 18.8. The third-order valence-electron chi connectivity index (χ3n) is 3.69. The SMILES string of the molecule is CCCN(CCC)C(=O)c1ccc(Nc2ccccc2C)nc1. The zero-order chi connectivity index (χ0) is 16.7. The molecule has 1 heterocycles. The molecule has 1 aromatic carbocycles. The van der Waals surface area contributed by atoms with Crippen molar-refractivity contribution in [2.75, 3.05) is 18.4 Å². The van der Waals surface area contributed by atoms with Gasteiger partial charge >= 0.3 is 0 Å². The minimum absolute atomic E-state index is 0.0589. The van der Waals surface area contributed by atoms with Crippen molar-refractivity contribution in [3.8, 4) is 0 Å². The second-order valence-corrected chi connectivity index (χ2v) is 5.66. The Morgan fingerprint density at radius 1 is 1.09 bits per heavy atom. The predicted molar refractivity (Wildman–Crippen MR) is 95.2 cm³/mol. The van der Waals surface area contributed by atoms with E-state index in [1.54, 1.807) is 6.20 Å². The van der Waals surface area contributed by atoms with Gasteiger partial charge in [-0.25, -0.2) is 4.98 Å². The van der Waals surface area contributed by atoms with Crippen molar-refractivity contribution in [1.29, 1.82) is 0 Å². The maximum atomic E-state index is 12.5. The molecule has 0 aliphatic rings. The van der Waals surface area contributed by atoms with E-state index in [1.165, 1.54) is 0 Å². The van der Waals surface area contributed by atoms with E-state index in [4.69, 9.17) is 0 Å². The van der Waals surface area contributed by atoms with E-state index in [0.29, 0.717) is 5.56 Å². The van der Waals surface area contributed by atoms with Gasteiger partial charge in [0.2, 0.25) is 0 Å². The van der Waals surface area contributed by atoms with Crippen LogP contribution in [0.4, 0.5) is 11.5 Å². The molecule has 0 atom stereocenters. The molecule has 1 aromatic heterocycles. The molecule has 1 N–H and O–H groups in total. The fourth-order valence-corrected chi connectivity index (χ4v) is 2.48. The summed E-state index contributed by atoms with van der Waals surface area (Å²) in [7, 11) is 0. The van der Waals surface area contributed by atoms with Gasteiger partial charge in [0.25, 0.3) is 5.91 Å². The van der Waals surface area contributed by atoms with Crippen LogP contribution in [0.25, 0.3) is 0 Å². The lowest BCUT2D eigenvalue weighted by Gasteiger charge is -2.21. The van der Waals surface area contributed by atoms with Crippen LogP contribution < -0.4 is 5.32 Å². The number of nitrogens with zero attached hydrogens (tertiary/aromatic N) is 2. The van der Waals surface area contributed by atoms with Crippen molar-refractivity contribution >= 4 is 17.4 Å². The van der Waals surface area contributed by atoms with Gasteiger partial charge in [0.05, 0.1) is 5.56 Å². The first-order valence-corrected chi connectivity index (χ1v) is 8.23. The topological polar surface area (TPSA) is 45.2 Å². The molecule has 2 rings (SSSR count). The summed E-state index contributed by atoms with van der Waals surface area (Å²) in [5, 5.41) is 3.28. The van der Waals surface area contributed by atoms with Gasteiger partial charge < -0.3 is 10.2 Å². The van der Waals surface area contributed by atoms with Gasteiger partial charge in [-0.1, -0.05) is 32.0 Å². The quantitative estimate of drug-likeness (QED) is 0.824. The third-order valence-corrected chi connectivity index (χ3v) is 3.69. The van der Waals surface area contributed by atoms with Gasteiger partial charge in [0.15, 0.2) is 0 Å². The minimum Gasteiger partial charge on any atom is -0.340 e. The van der Waals surface area contributed by atoms with Crippen LogP contribution in [0.3, 0.4) is 0 Å². The molecular formula is C19H25N3O. The Morgan fingerprint density at radius 3 is 2.35 bits per heavy atom. The summed E-state index contributed by atoms with van der Waals surface area (Å²) in [5.74, 6) is 0.803. The summed E-state index contributed by atoms with van der Waals surface area (Å²) < 4.78 is 0. The van der Waals surface area contributed by atoms with E-state index in [-0.39, 0.29) is 5.91 Å². The first-order valence-electron chi connectivity index (χ1n) is 8.23. The van der Waals surface area contributed by atoms with Crippen LogP contribution in [0.5, 0.6) is 0 Å². The van der Waals surface area contributed by atoms with Crippen molar-refractivity contribution in [1.82, 2.24) is 9.88 Å². The molecule has 0 aliphatic carbocycles. The minimum atomic E-state index is 0.0589. The number of aromatic nitrogens is 1. The Hall–Kier alpha value is -2.36. The summed E-state index contributed by atoms with van der Waals surface area (Å²) in [6.07, 6.45) is 3.58. The Bertz CT molecular complexity index is 631. The fraction of sp³-hybridized carbons (Fsp3) is 0.368. The smallest absolute Gasteiger partial charge is 0.255 e. The van der Waals surface area contributed by atoms with Gasteiger partial charge in [-0.3, -0.25) is 4.79 Å². The van der Waals surface area contributed by atoms with E-state index in [0.717, 1.165) is 43.0 Å². The number of aryl methyl sites for hydroxylation is 1. The summed E-state index contributed by atoms with van der Waals surface area (Å²) >= 11 is 0. The Balaban J connectivity index is 2.09. The first kappa shape index (κ1) is 17.0. The lowest BCUT2D eigenvalue weighted by Crippen LogP contribution is -2.32. The third kappa shape index (κ3) is 4.55. The van der Waals surface area contributed by atoms with Gasteiger partial charge in [-0.15, -0.1) is 0 Å². The molecule has 23 heavy (non-hydrogen) atoms. The van der Waals surface area contributed by atoms with Crippen LogP contribution >= 0.6 is 0 Å². The van der Waals surface area contributed by atoms with Gasteiger partial charge in [-0.05, 0) is 43.5 Å². The highest BCUT2D eigenvalue weighted by molar-refractivity contribution is 5.94. The number of nitrogens with one attached hydrogen (secondary N) is 1. The average molecular weight is 311 g/mol. The Labute approximate surface area is 138 Å². The van der Waals surface area contributed by atoms with E-state index >= 15 is 0 Å². The molecule has 0 bridgehead atoms. The zero-order valence-electron chi connectivity index (χ0n) is 14.2. The second-order valence-electron chi connectivity index (χ2n) is 5.66. The highest BCUT2D eigenvalue weighted by Gasteiger charge is 2.14. The molecule has 1 amide bonds. The Kier molecular flexibility index (Phi) is 6.15. The average Bonchev–Trinajstić information content (AvgIpc) is 2.57. The summed E-state index contributed by atoms with van der Waals surface area (Å²) in [6, 6.07) is 11.8. The molecule has 122 valence electrons. The summed E-state index contributed by atoms with van der Waals surface area (Å²) in [5.41, 5.74) is 2.83. The van der Waals surface area contributed by atoms with Crippen molar-refractivity contribution in [3.63, 3.8) is 0 Å². The van der Waals surface area contributed by atoms with Crippen LogP contribution in [0.1, 0.15) is 42.6 Å². The number of pyridine rings is 1. The summed E-state index contributed by atoms with van der Waals surface area (Å²) in [6.45, 7) is 7.80. The fourth-order valence-electron chi connectivity index (χ4n) is 2.48. The van der Waals surface area contributed by atoms with Crippen molar-refractivity contribution in [2.45, 2.75) is 33.6 Å². The molecule has 0 aliphatic heterocycles. The molecule has 0 fully saturated rings. The number of benzene rings is 1. The number of carbonyl (C=O) groups is 1. The largest absolute Gasteiger partial charge is 0.340 e. The van der Waals surface area contributed by atoms with Crippen LogP contribution in [0.2, 0.25) is 0 Å². The highest BCUT2D eigenvalue weighted by atomic mass is 16.2. The number of hydrogen-bond acceptors (Lipinski definition) is 3. The normalized spacial score (nSPS) is 10.4. The molecule has 0 saturated heterocycles.